The van der Waals surface area contributed by atoms with Crippen LogP contribution in [0.3, 0.4) is 0 Å². The van der Waals surface area contributed by atoms with Gasteiger partial charge in [-0.1, -0.05) is 158 Å². The number of para-hydroxylation sites is 3. The Labute approximate surface area is 374 Å². The predicted octanol–water partition coefficient (Wildman–Crippen LogP) is 16.3. The van der Waals surface area contributed by atoms with Gasteiger partial charge >= 0.3 is 0 Å². The zero-order valence-electron chi connectivity index (χ0n) is 34.7. The van der Waals surface area contributed by atoms with Gasteiger partial charge in [0, 0.05) is 53.0 Å². The van der Waals surface area contributed by atoms with E-state index in [0.717, 1.165) is 0 Å². The molecule has 0 saturated carbocycles. The summed E-state index contributed by atoms with van der Waals surface area (Å²) in [6.07, 6.45) is 0. The van der Waals surface area contributed by atoms with Crippen molar-refractivity contribution in [2.75, 3.05) is 0 Å². The number of aromatic nitrogens is 2. The molecule has 14 rings (SSSR count). The van der Waals surface area contributed by atoms with Crippen molar-refractivity contribution >= 4 is 75.1 Å². The van der Waals surface area contributed by atoms with Crippen molar-refractivity contribution in [3.05, 3.63) is 253 Å². The second-order valence-electron chi connectivity index (χ2n) is 17.2. The molecule has 10 aromatic carbocycles. The smallest absolute Gasteiger partial charge is 0.0714 e. The van der Waals surface area contributed by atoms with E-state index < -0.39 is 5.41 Å². The Morgan fingerprint density at radius 2 is 0.891 bits per heavy atom. The summed E-state index contributed by atoms with van der Waals surface area (Å²) in [5.41, 5.74) is 16.8. The standard InChI is InChI=1S/C61H38N2S/c1-3-16-41(17-4-1)61(42-32-35-59-50(38-42)46-22-10-14-29-58(46)64-59)51-24-11-7-23-47(51)60-52(61)25-15-28-57(60)63-54-27-13-9-21-45(54)49-37-40(31-34-56(49)63)39-30-33-55-48(36-39)44-20-8-12-26-53(44)62(55)43-18-5-2-6-19-43/h1-38H. The molecule has 3 heteroatoms. The van der Waals surface area contributed by atoms with Crippen LogP contribution in [0.5, 0.6) is 0 Å². The second-order valence-corrected chi connectivity index (χ2v) is 18.3. The lowest BCUT2D eigenvalue weighted by Gasteiger charge is -2.34. The molecule has 0 radical (unpaired) electrons. The first-order chi connectivity index (χ1) is 31.8. The highest BCUT2D eigenvalue weighted by atomic mass is 32.1. The highest BCUT2D eigenvalue weighted by Gasteiger charge is 2.47. The topological polar surface area (TPSA) is 9.86 Å². The van der Waals surface area contributed by atoms with E-state index in [4.69, 9.17) is 0 Å². The Hall–Kier alpha value is -7.98. The summed E-state index contributed by atoms with van der Waals surface area (Å²) in [7, 11) is 0. The molecule has 3 heterocycles. The molecule has 0 saturated heterocycles. The van der Waals surface area contributed by atoms with E-state index in [-0.39, 0.29) is 0 Å². The van der Waals surface area contributed by atoms with Crippen LogP contribution in [-0.2, 0) is 5.41 Å². The van der Waals surface area contributed by atoms with E-state index in [0.29, 0.717) is 0 Å². The van der Waals surface area contributed by atoms with Gasteiger partial charge in [0.05, 0.1) is 33.2 Å². The molecule has 0 bridgehead atoms. The molecular weight excluding hydrogens is 793 g/mol. The Balaban J connectivity index is 0.999. The van der Waals surface area contributed by atoms with Gasteiger partial charge in [-0.25, -0.2) is 0 Å². The molecule has 13 aromatic rings. The molecule has 2 nitrogen and oxygen atoms in total. The summed E-state index contributed by atoms with van der Waals surface area (Å²) < 4.78 is 7.55. The van der Waals surface area contributed by atoms with Crippen molar-refractivity contribution < 1.29 is 0 Å². The number of hydrogen-bond donors (Lipinski definition) is 0. The van der Waals surface area contributed by atoms with Gasteiger partial charge in [-0.15, -0.1) is 11.3 Å². The molecule has 0 fully saturated rings. The first-order valence-electron chi connectivity index (χ1n) is 22.1. The monoisotopic (exact) mass is 830 g/mol. The van der Waals surface area contributed by atoms with Crippen LogP contribution in [0.4, 0.5) is 0 Å². The van der Waals surface area contributed by atoms with Crippen LogP contribution in [0.2, 0.25) is 0 Å². The molecule has 298 valence electrons. The fourth-order valence-electron chi connectivity index (χ4n) is 11.4. The van der Waals surface area contributed by atoms with E-state index in [1.165, 1.54) is 120 Å². The molecule has 0 spiro atoms. The summed E-state index contributed by atoms with van der Waals surface area (Å²) in [5.74, 6) is 0. The lowest BCUT2D eigenvalue weighted by atomic mass is 9.67. The van der Waals surface area contributed by atoms with E-state index >= 15 is 0 Å². The number of benzene rings is 10. The second kappa shape index (κ2) is 13.5. The third-order valence-corrected chi connectivity index (χ3v) is 15.1. The van der Waals surface area contributed by atoms with E-state index in [9.17, 15) is 0 Å². The number of nitrogens with zero attached hydrogens (tertiary/aromatic N) is 2. The number of hydrogen-bond acceptors (Lipinski definition) is 1. The summed E-state index contributed by atoms with van der Waals surface area (Å²) >= 11 is 1.88. The minimum absolute atomic E-state index is 0.533. The van der Waals surface area contributed by atoms with Crippen LogP contribution in [0.1, 0.15) is 22.3 Å². The average Bonchev–Trinajstić information content (AvgIpc) is 4.09. The van der Waals surface area contributed by atoms with Crippen LogP contribution in [0, 0.1) is 0 Å². The molecule has 1 unspecified atom stereocenters. The van der Waals surface area contributed by atoms with E-state index in [1.807, 2.05) is 11.3 Å². The van der Waals surface area contributed by atoms with Crippen molar-refractivity contribution in [3.8, 4) is 33.6 Å². The number of rotatable bonds is 5. The summed E-state index contributed by atoms with van der Waals surface area (Å²) in [6, 6.07) is 85.9. The molecule has 1 aliphatic carbocycles. The third-order valence-electron chi connectivity index (χ3n) is 14.0. The van der Waals surface area contributed by atoms with E-state index in [2.05, 4.69) is 240 Å². The summed E-state index contributed by atoms with van der Waals surface area (Å²) in [4.78, 5) is 0. The molecule has 3 aromatic heterocycles. The lowest BCUT2D eigenvalue weighted by molar-refractivity contribution is 0.769. The van der Waals surface area contributed by atoms with Gasteiger partial charge in [-0.3, -0.25) is 0 Å². The zero-order valence-corrected chi connectivity index (χ0v) is 35.6. The number of thiophene rings is 1. The Bertz CT molecular complexity index is 4020. The quantitative estimate of drug-likeness (QED) is 0.164. The Morgan fingerprint density at radius 1 is 0.328 bits per heavy atom. The SMILES string of the molecule is c1ccc(-n2c3ccccc3c3cc(-c4ccc5c(c4)c4ccccc4n5-c4cccc5c4-c4ccccc4C5(c4ccccc4)c4ccc5sc6ccccc6c5c4)ccc32)cc1. The van der Waals surface area contributed by atoms with Gasteiger partial charge in [0.2, 0.25) is 0 Å². The Kier molecular flexibility index (Phi) is 7.51. The van der Waals surface area contributed by atoms with Crippen LogP contribution < -0.4 is 0 Å². The van der Waals surface area contributed by atoms with Crippen LogP contribution in [-0.4, -0.2) is 9.13 Å². The maximum absolute atomic E-state index is 2.53. The first-order valence-corrected chi connectivity index (χ1v) is 22.9. The van der Waals surface area contributed by atoms with Gasteiger partial charge in [0.15, 0.2) is 0 Å². The minimum Gasteiger partial charge on any atom is -0.309 e. The van der Waals surface area contributed by atoms with E-state index in [1.54, 1.807) is 0 Å². The Morgan fingerprint density at radius 3 is 1.64 bits per heavy atom. The van der Waals surface area contributed by atoms with Gasteiger partial charge < -0.3 is 9.13 Å². The van der Waals surface area contributed by atoms with Crippen molar-refractivity contribution in [1.82, 2.24) is 9.13 Å². The average molecular weight is 831 g/mol. The summed E-state index contributed by atoms with van der Waals surface area (Å²) in [5, 5.41) is 7.63. The highest BCUT2D eigenvalue weighted by Crippen LogP contribution is 2.58. The van der Waals surface area contributed by atoms with Crippen LogP contribution in [0.25, 0.3) is 97.4 Å². The van der Waals surface area contributed by atoms with Gasteiger partial charge in [-0.05, 0) is 112 Å². The molecule has 0 N–H and O–H groups in total. The van der Waals surface area contributed by atoms with Crippen molar-refractivity contribution in [3.63, 3.8) is 0 Å². The maximum atomic E-state index is 2.53. The number of fused-ring (bicyclic) bond motifs is 12. The molecular formula is C61H38N2S. The largest absolute Gasteiger partial charge is 0.309 e. The summed E-state index contributed by atoms with van der Waals surface area (Å²) in [6.45, 7) is 0. The van der Waals surface area contributed by atoms with Gasteiger partial charge in [0.1, 0.15) is 0 Å². The van der Waals surface area contributed by atoms with Crippen molar-refractivity contribution in [2.24, 2.45) is 0 Å². The van der Waals surface area contributed by atoms with Crippen LogP contribution in [0.15, 0.2) is 231 Å². The third kappa shape index (κ3) is 4.85. The fraction of sp³-hybridized carbons (Fsp3) is 0.0164. The normalized spacial score (nSPS) is 14.6. The molecule has 1 atom stereocenters. The van der Waals surface area contributed by atoms with Gasteiger partial charge in [-0.2, -0.15) is 0 Å². The van der Waals surface area contributed by atoms with Crippen LogP contribution >= 0.6 is 11.3 Å². The predicted molar refractivity (Wildman–Crippen MR) is 271 cm³/mol. The molecule has 64 heavy (non-hydrogen) atoms. The minimum atomic E-state index is -0.533. The zero-order chi connectivity index (χ0) is 41.9. The van der Waals surface area contributed by atoms with Gasteiger partial charge in [0.25, 0.3) is 0 Å². The highest BCUT2D eigenvalue weighted by molar-refractivity contribution is 7.25. The van der Waals surface area contributed by atoms with Crippen molar-refractivity contribution in [1.29, 1.82) is 0 Å². The maximum Gasteiger partial charge on any atom is 0.0714 e. The fourth-order valence-corrected chi connectivity index (χ4v) is 12.4. The molecule has 1 aliphatic rings. The molecule has 0 amide bonds. The molecule has 0 aliphatic heterocycles. The first kappa shape index (κ1) is 35.6. The lowest BCUT2D eigenvalue weighted by Crippen LogP contribution is -2.28. The van der Waals surface area contributed by atoms with Crippen molar-refractivity contribution in [2.45, 2.75) is 5.41 Å².